The average Bonchev–Trinajstić information content (AvgIpc) is 2.66. The molecule has 0 fully saturated rings. The Morgan fingerprint density at radius 3 is 2.42 bits per heavy atom. The Balaban J connectivity index is 1.96. The van der Waals surface area contributed by atoms with E-state index < -0.39 is 6.04 Å². The topological polar surface area (TPSA) is 49.4 Å². The van der Waals surface area contributed by atoms with Gasteiger partial charge in [-0.3, -0.25) is 4.79 Å². The van der Waals surface area contributed by atoms with Gasteiger partial charge in [0.25, 0.3) is 0 Å². The van der Waals surface area contributed by atoms with Crippen molar-refractivity contribution in [3.8, 4) is 0 Å². The Morgan fingerprint density at radius 2 is 1.77 bits per heavy atom. The van der Waals surface area contributed by atoms with Crippen molar-refractivity contribution in [2.75, 3.05) is 7.05 Å². The summed E-state index contributed by atoms with van der Waals surface area (Å²) in [6.07, 6.45) is 3.34. The van der Waals surface area contributed by atoms with Gasteiger partial charge in [0.1, 0.15) is 0 Å². The van der Waals surface area contributed by atoms with Gasteiger partial charge in [0.2, 0.25) is 0 Å². The van der Waals surface area contributed by atoms with Gasteiger partial charge in [-0.15, -0.1) is 0 Å². The molecule has 26 heavy (non-hydrogen) atoms. The standard InChI is InChI=1S/C21H19BrN2O2/c1-14-19(18(25)13-10-15-8-11-17(22)12-9-15)20(23-21(26)24(14)2)16-6-4-3-5-7-16/h3-13,20H,1-2H3,(H,23,26)/b13-10+/t20-/m1/s1. The molecule has 4 nitrogen and oxygen atoms in total. The fraction of sp³-hybridized carbons (Fsp3) is 0.143. The molecule has 2 aromatic carbocycles. The summed E-state index contributed by atoms with van der Waals surface area (Å²) < 4.78 is 0.986. The molecule has 0 unspecified atom stereocenters. The number of amides is 2. The number of hydrogen-bond acceptors (Lipinski definition) is 2. The van der Waals surface area contributed by atoms with Crippen LogP contribution in [0.5, 0.6) is 0 Å². The maximum Gasteiger partial charge on any atom is 0.322 e. The third-order valence-corrected chi connectivity index (χ3v) is 4.98. The van der Waals surface area contributed by atoms with Crippen molar-refractivity contribution in [1.29, 1.82) is 0 Å². The van der Waals surface area contributed by atoms with Crippen molar-refractivity contribution < 1.29 is 9.59 Å². The van der Waals surface area contributed by atoms with Gasteiger partial charge in [-0.25, -0.2) is 4.79 Å². The lowest BCUT2D eigenvalue weighted by atomic mass is 9.91. The summed E-state index contributed by atoms with van der Waals surface area (Å²) in [5.74, 6) is -0.119. The lowest BCUT2D eigenvalue weighted by Crippen LogP contribution is -2.45. The molecule has 3 rings (SSSR count). The Hall–Kier alpha value is -2.66. The lowest BCUT2D eigenvalue weighted by molar-refractivity contribution is -0.111. The highest BCUT2D eigenvalue weighted by Gasteiger charge is 2.32. The smallest absolute Gasteiger partial charge is 0.322 e. The second-order valence-corrected chi connectivity index (χ2v) is 7.02. The number of nitrogens with one attached hydrogen (secondary N) is 1. The molecular formula is C21H19BrN2O2. The highest BCUT2D eigenvalue weighted by atomic mass is 79.9. The number of ketones is 1. The molecule has 0 spiro atoms. The first kappa shape index (κ1) is 18.1. The van der Waals surface area contributed by atoms with Crippen molar-refractivity contribution in [3.05, 3.63) is 87.5 Å². The zero-order valence-corrected chi connectivity index (χ0v) is 16.2. The summed E-state index contributed by atoms with van der Waals surface area (Å²) >= 11 is 3.40. The second kappa shape index (κ2) is 7.70. The molecule has 132 valence electrons. The van der Waals surface area contributed by atoms with Crippen LogP contribution in [-0.4, -0.2) is 23.8 Å². The van der Waals surface area contributed by atoms with E-state index in [1.165, 1.54) is 4.90 Å². The molecule has 1 aliphatic heterocycles. The van der Waals surface area contributed by atoms with E-state index >= 15 is 0 Å². The van der Waals surface area contributed by atoms with Crippen LogP contribution < -0.4 is 5.32 Å². The third kappa shape index (κ3) is 3.78. The van der Waals surface area contributed by atoms with E-state index in [4.69, 9.17) is 0 Å². The van der Waals surface area contributed by atoms with Gasteiger partial charge in [0, 0.05) is 22.8 Å². The summed E-state index contributed by atoms with van der Waals surface area (Å²) in [5.41, 5.74) is 3.05. The monoisotopic (exact) mass is 410 g/mol. The molecule has 0 saturated heterocycles. The normalized spacial score (nSPS) is 17.6. The minimum absolute atomic E-state index is 0.119. The van der Waals surface area contributed by atoms with Crippen LogP contribution in [0.15, 0.2) is 76.4 Å². The molecule has 1 atom stereocenters. The highest BCUT2D eigenvalue weighted by molar-refractivity contribution is 9.10. The number of nitrogens with zero attached hydrogens (tertiary/aromatic N) is 1. The van der Waals surface area contributed by atoms with Crippen molar-refractivity contribution in [2.45, 2.75) is 13.0 Å². The number of halogens is 1. The minimum atomic E-state index is -0.457. The summed E-state index contributed by atoms with van der Waals surface area (Å²) in [6, 6.07) is 16.6. The predicted molar refractivity (Wildman–Crippen MR) is 106 cm³/mol. The van der Waals surface area contributed by atoms with Crippen LogP contribution in [0, 0.1) is 0 Å². The molecule has 0 radical (unpaired) electrons. The molecule has 2 amide bonds. The first-order valence-electron chi connectivity index (χ1n) is 8.25. The van der Waals surface area contributed by atoms with Gasteiger partial charge in [0.15, 0.2) is 5.78 Å². The van der Waals surface area contributed by atoms with Gasteiger partial charge >= 0.3 is 6.03 Å². The summed E-state index contributed by atoms with van der Waals surface area (Å²) in [7, 11) is 1.66. The number of carbonyl (C=O) groups is 2. The van der Waals surface area contributed by atoms with Gasteiger partial charge < -0.3 is 10.2 Å². The van der Waals surface area contributed by atoms with Gasteiger partial charge in [-0.2, -0.15) is 0 Å². The molecule has 1 N–H and O–H groups in total. The average molecular weight is 411 g/mol. The molecule has 0 saturated carbocycles. The highest BCUT2D eigenvalue weighted by Crippen LogP contribution is 2.30. The fourth-order valence-corrected chi connectivity index (χ4v) is 3.15. The van der Waals surface area contributed by atoms with Gasteiger partial charge in [0.05, 0.1) is 6.04 Å². The van der Waals surface area contributed by atoms with E-state index in [1.807, 2.05) is 54.6 Å². The number of benzene rings is 2. The Bertz CT molecular complexity index is 886. The van der Waals surface area contributed by atoms with E-state index in [9.17, 15) is 9.59 Å². The second-order valence-electron chi connectivity index (χ2n) is 6.10. The summed E-state index contributed by atoms with van der Waals surface area (Å²) in [6.45, 7) is 1.80. The third-order valence-electron chi connectivity index (χ3n) is 4.45. The first-order chi connectivity index (χ1) is 12.5. The van der Waals surface area contributed by atoms with Crippen LogP contribution >= 0.6 is 15.9 Å². The molecular weight excluding hydrogens is 392 g/mol. The van der Waals surface area contributed by atoms with Crippen LogP contribution in [-0.2, 0) is 4.79 Å². The lowest BCUT2D eigenvalue weighted by Gasteiger charge is -2.33. The Kier molecular flexibility index (Phi) is 5.38. The SMILES string of the molecule is CC1=C(C(=O)/C=C/c2ccc(Br)cc2)[C@@H](c2ccccc2)NC(=O)N1C. The quantitative estimate of drug-likeness (QED) is 0.742. The van der Waals surface area contributed by atoms with E-state index in [-0.39, 0.29) is 11.8 Å². The molecule has 0 bridgehead atoms. The summed E-state index contributed by atoms with van der Waals surface area (Å²) in [4.78, 5) is 26.6. The van der Waals surface area contributed by atoms with Crippen LogP contribution in [0.25, 0.3) is 6.08 Å². The van der Waals surface area contributed by atoms with Crippen LogP contribution in [0.3, 0.4) is 0 Å². The van der Waals surface area contributed by atoms with Crippen LogP contribution in [0.2, 0.25) is 0 Å². The Labute approximate surface area is 161 Å². The van der Waals surface area contributed by atoms with E-state index in [0.717, 1.165) is 15.6 Å². The van der Waals surface area contributed by atoms with Crippen molar-refractivity contribution >= 4 is 33.8 Å². The zero-order chi connectivity index (χ0) is 18.7. The van der Waals surface area contributed by atoms with Gasteiger partial charge in [-0.1, -0.05) is 64.5 Å². The molecule has 2 aromatic rings. The van der Waals surface area contributed by atoms with E-state index in [2.05, 4.69) is 21.2 Å². The maximum absolute atomic E-state index is 13.0. The van der Waals surface area contributed by atoms with Crippen LogP contribution in [0.4, 0.5) is 4.79 Å². The molecule has 1 aliphatic rings. The van der Waals surface area contributed by atoms with Crippen molar-refractivity contribution in [1.82, 2.24) is 10.2 Å². The number of rotatable bonds is 4. The predicted octanol–water partition coefficient (Wildman–Crippen LogP) is 4.70. The number of carbonyl (C=O) groups excluding carboxylic acids is 2. The minimum Gasteiger partial charge on any atom is -0.327 e. The van der Waals surface area contributed by atoms with E-state index in [1.54, 1.807) is 26.1 Å². The molecule has 0 aromatic heterocycles. The maximum atomic E-state index is 13.0. The fourth-order valence-electron chi connectivity index (χ4n) is 2.89. The number of hydrogen-bond donors (Lipinski definition) is 1. The van der Waals surface area contributed by atoms with Crippen molar-refractivity contribution in [3.63, 3.8) is 0 Å². The van der Waals surface area contributed by atoms with E-state index in [0.29, 0.717) is 11.3 Å². The van der Waals surface area contributed by atoms with Crippen LogP contribution in [0.1, 0.15) is 24.1 Å². The molecule has 1 heterocycles. The summed E-state index contributed by atoms with van der Waals surface area (Å²) in [5, 5.41) is 2.92. The Morgan fingerprint density at radius 1 is 1.12 bits per heavy atom. The number of allylic oxidation sites excluding steroid dienone is 2. The molecule has 5 heteroatoms. The number of urea groups is 1. The zero-order valence-electron chi connectivity index (χ0n) is 14.6. The first-order valence-corrected chi connectivity index (χ1v) is 9.04. The largest absolute Gasteiger partial charge is 0.327 e. The molecule has 0 aliphatic carbocycles. The van der Waals surface area contributed by atoms with Crippen molar-refractivity contribution in [2.24, 2.45) is 0 Å². The van der Waals surface area contributed by atoms with Gasteiger partial charge in [-0.05, 0) is 36.3 Å².